The summed E-state index contributed by atoms with van der Waals surface area (Å²) in [6, 6.07) is 15.1. The fraction of sp³-hybridized carbons (Fsp3) is 0.172. The van der Waals surface area contributed by atoms with Gasteiger partial charge in [-0.25, -0.2) is 8.78 Å². The van der Waals surface area contributed by atoms with Crippen molar-refractivity contribution in [2.75, 3.05) is 19.1 Å². The summed E-state index contributed by atoms with van der Waals surface area (Å²) in [7, 11) is 1.51. The van der Waals surface area contributed by atoms with Gasteiger partial charge in [-0.3, -0.25) is 9.59 Å². The lowest BCUT2D eigenvalue weighted by Gasteiger charge is -2.19. The molecule has 38 heavy (non-hydrogen) atoms. The molecule has 0 aliphatic heterocycles. The third kappa shape index (κ3) is 5.61. The third-order valence-electron chi connectivity index (χ3n) is 6.19. The van der Waals surface area contributed by atoms with Gasteiger partial charge in [-0.15, -0.1) is 0 Å². The highest BCUT2D eigenvalue weighted by molar-refractivity contribution is 7.98. The number of H-pyrrole nitrogens is 1. The second-order valence-electron chi connectivity index (χ2n) is 8.58. The van der Waals surface area contributed by atoms with Gasteiger partial charge in [0.1, 0.15) is 17.4 Å². The molecule has 1 heterocycles. The minimum Gasteiger partial charge on any atom is -0.497 e. The summed E-state index contributed by atoms with van der Waals surface area (Å²) in [5, 5.41) is 3.49. The first-order valence-electron chi connectivity index (χ1n) is 11.7. The number of carbonyl (C=O) groups is 2. The SMILES string of the molecule is COc1ccc(C(=O)c2[nH]cc(C(=O)NC(CSC)c3cccc(Cl)c3)c2-c2c(F)ccc(F)c2C)cc1. The summed E-state index contributed by atoms with van der Waals surface area (Å²) in [4.78, 5) is 30.0. The standard InChI is InChI=1S/C29H25ClF2N2O3S/c1-16-22(31)11-12-23(32)25(16)26-21(14-33-27(26)28(35)17-7-9-20(37-2)10-8-17)29(36)34-24(15-38-3)18-5-4-6-19(30)13-18/h4-14,24,33H,15H2,1-3H3,(H,34,36). The average Bonchev–Trinajstić information content (AvgIpc) is 3.35. The van der Waals surface area contributed by atoms with Crippen LogP contribution >= 0.6 is 23.4 Å². The molecule has 1 unspecified atom stereocenters. The molecule has 196 valence electrons. The number of nitrogens with one attached hydrogen (secondary N) is 2. The highest BCUT2D eigenvalue weighted by Gasteiger charge is 2.29. The van der Waals surface area contributed by atoms with Crippen LogP contribution < -0.4 is 10.1 Å². The molecule has 5 nitrogen and oxygen atoms in total. The summed E-state index contributed by atoms with van der Waals surface area (Å²) in [5.74, 6) is -1.35. The van der Waals surface area contributed by atoms with Gasteiger partial charge in [0.25, 0.3) is 5.91 Å². The molecule has 0 bridgehead atoms. The van der Waals surface area contributed by atoms with Crippen LogP contribution in [0.15, 0.2) is 66.9 Å². The van der Waals surface area contributed by atoms with Crippen LogP contribution in [0.4, 0.5) is 8.78 Å². The largest absolute Gasteiger partial charge is 0.497 e. The molecule has 0 fully saturated rings. The van der Waals surface area contributed by atoms with Crippen molar-refractivity contribution in [3.05, 3.63) is 111 Å². The highest BCUT2D eigenvalue weighted by Crippen LogP contribution is 2.35. The molecular formula is C29H25ClF2N2O3S. The number of thioether (sulfide) groups is 1. The van der Waals surface area contributed by atoms with Gasteiger partial charge in [-0.1, -0.05) is 23.7 Å². The number of hydrogen-bond acceptors (Lipinski definition) is 4. The fourth-order valence-electron chi connectivity index (χ4n) is 4.24. The Balaban J connectivity index is 1.82. The predicted molar refractivity (Wildman–Crippen MR) is 147 cm³/mol. The minimum atomic E-state index is -0.753. The Hall–Kier alpha value is -3.62. The molecule has 1 amide bonds. The molecule has 1 aromatic heterocycles. The number of aromatic amines is 1. The first-order valence-corrected chi connectivity index (χ1v) is 13.4. The molecule has 0 saturated carbocycles. The lowest BCUT2D eigenvalue weighted by Crippen LogP contribution is -2.30. The van der Waals surface area contributed by atoms with E-state index in [0.717, 1.165) is 17.7 Å². The van der Waals surface area contributed by atoms with E-state index in [1.165, 1.54) is 32.0 Å². The lowest BCUT2D eigenvalue weighted by molar-refractivity contribution is 0.0941. The number of ether oxygens (including phenoxy) is 1. The van der Waals surface area contributed by atoms with Crippen molar-refractivity contribution in [3.8, 4) is 16.9 Å². The summed E-state index contributed by atoms with van der Waals surface area (Å²) < 4.78 is 35.0. The predicted octanol–water partition coefficient (Wildman–Crippen LogP) is 7.00. The molecule has 9 heteroatoms. The van der Waals surface area contributed by atoms with E-state index >= 15 is 4.39 Å². The van der Waals surface area contributed by atoms with E-state index in [4.69, 9.17) is 16.3 Å². The van der Waals surface area contributed by atoms with Crippen LogP contribution in [0.1, 0.15) is 43.6 Å². The van der Waals surface area contributed by atoms with Crippen LogP contribution in [0.3, 0.4) is 0 Å². The van der Waals surface area contributed by atoms with Crippen molar-refractivity contribution in [2.45, 2.75) is 13.0 Å². The molecule has 0 aliphatic carbocycles. The number of methoxy groups -OCH3 is 1. The normalized spacial score (nSPS) is 11.7. The molecule has 0 saturated heterocycles. The molecule has 0 aliphatic rings. The maximum absolute atomic E-state index is 15.2. The summed E-state index contributed by atoms with van der Waals surface area (Å²) in [6.07, 6.45) is 3.25. The number of benzene rings is 3. The van der Waals surface area contributed by atoms with E-state index in [1.807, 2.05) is 12.3 Å². The van der Waals surface area contributed by atoms with Crippen LogP contribution in [-0.4, -0.2) is 35.8 Å². The Morgan fingerprint density at radius 3 is 2.42 bits per heavy atom. The fourth-order valence-corrected chi connectivity index (χ4v) is 5.04. The second-order valence-corrected chi connectivity index (χ2v) is 9.92. The van der Waals surface area contributed by atoms with Crippen LogP contribution in [0.5, 0.6) is 5.75 Å². The number of amides is 1. The highest BCUT2D eigenvalue weighted by atomic mass is 35.5. The number of ketones is 1. The minimum absolute atomic E-state index is 0.00758. The van der Waals surface area contributed by atoms with Gasteiger partial charge in [0.15, 0.2) is 0 Å². The van der Waals surface area contributed by atoms with Gasteiger partial charge in [0.05, 0.1) is 24.4 Å². The van der Waals surface area contributed by atoms with Crippen molar-refractivity contribution in [3.63, 3.8) is 0 Å². The number of hydrogen-bond donors (Lipinski definition) is 2. The van der Waals surface area contributed by atoms with Crippen molar-refractivity contribution in [1.82, 2.24) is 10.3 Å². The summed E-state index contributed by atoms with van der Waals surface area (Å²) >= 11 is 7.69. The van der Waals surface area contributed by atoms with E-state index in [2.05, 4.69) is 10.3 Å². The smallest absolute Gasteiger partial charge is 0.253 e. The van der Waals surface area contributed by atoms with Crippen molar-refractivity contribution < 1.29 is 23.1 Å². The van der Waals surface area contributed by atoms with Crippen LogP contribution in [0.2, 0.25) is 5.02 Å². The van der Waals surface area contributed by atoms with Crippen molar-refractivity contribution in [2.24, 2.45) is 0 Å². The number of halogens is 3. The van der Waals surface area contributed by atoms with Crippen LogP contribution in [0, 0.1) is 18.6 Å². The second kappa shape index (κ2) is 11.8. The number of rotatable bonds is 9. The Labute approximate surface area is 228 Å². The lowest BCUT2D eigenvalue weighted by atomic mass is 9.93. The van der Waals surface area contributed by atoms with Gasteiger partial charge in [-0.2, -0.15) is 11.8 Å². The maximum Gasteiger partial charge on any atom is 0.253 e. The van der Waals surface area contributed by atoms with Crippen molar-refractivity contribution >= 4 is 35.1 Å². The Kier molecular flexibility index (Phi) is 8.54. The molecule has 1 atom stereocenters. The molecule has 0 spiro atoms. The third-order valence-corrected chi connectivity index (χ3v) is 7.09. The van der Waals surface area contributed by atoms with Gasteiger partial charge < -0.3 is 15.0 Å². The summed E-state index contributed by atoms with van der Waals surface area (Å²) in [5.41, 5.74) is 0.885. The molecule has 0 radical (unpaired) electrons. The zero-order chi connectivity index (χ0) is 27.4. The first kappa shape index (κ1) is 27.4. The van der Waals surface area contributed by atoms with E-state index in [1.54, 1.807) is 42.5 Å². The van der Waals surface area contributed by atoms with Gasteiger partial charge in [0, 0.05) is 33.7 Å². The van der Waals surface area contributed by atoms with Gasteiger partial charge in [0.2, 0.25) is 5.78 Å². The Morgan fingerprint density at radius 1 is 1.05 bits per heavy atom. The topological polar surface area (TPSA) is 71.2 Å². The monoisotopic (exact) mass is 554 g/mol. The van der Waals surface area contributed by atoms with E-state index in [-0.39, 0.29) is 33.5 Å². The Morgan fingerprint density at radius 2 is 1.76 bits per heavy atom. The van der Waals surface area contributed by atoms with E-state index < -0.39 is 29.4 Å². The van der Waals surface area contributed by atoms with E-state index in [9.17, 15) is 14.0 Å². The molecule has 2 N–H and O–H groups in total. The van der Waals surface area contributed by atoms with Crippen LogP contribution in [0.25, 0.3) is 11.1 Å². The summed E-state index contributed by atoms with van der Waals surface area (Å²) in [6.45, 7) is 1.41. The van der Waals surface area contributed by atoms with Crippen molar-refractivity contribution in [1.29, 1.82) is 0 Å². The average molecular weight is 555 g/mol. The Bertz CT molecular complexity index is 1490. The zero-order valence-electron chi connectivity index (χ0n) is 20.9. The maximum atomic E-state index is 15.2. The molecule has 3 aromatic carbocycles. The van der Waals surface area contributed by atoms with Gasteiger partial charge in [-0.05, 0) is 72.8 Å². The van der Waals surface area contributed by atoms with E-state index in [0.29, 0.717) is 16.5 Å². The zero-order valence-corrected chi connectivity index (χ0v) is 22.5. The quantitative estimate of drug-likeness (QED) is 0.219. The molecule has 4 aromatic rings. The first-order chi connectivity index (χ1) is 18.2. The van der Waals surface area contributed by atoms with Crippen LogP contribution in [-0.2, 0) is 0 Å². The number of aromatic nitrogens is 1. The molecule has 4 rings (SSSR count). The molecular weight excluding hydrogens is 530 g/mol. The van der Waals surface area contributed by atoms with Gasteiger partial charge >= 0.3 is 0 Å². The number of carbonyl (C=O) groups excluding carboxylic acids is 2.